The maximum Gasteiger partial charge on any atom is 0.195 e. The summed E-state index contributed by atoms with van der Waals surface area (Å²) in [7, 11) is 0. The molecule has 76 valence electrons. The van der Waals surface area contributed by atoms with E-state index in [1.165, 1.54) is 12.8 Å². The van der Waals surface area contributed by atoms with E-state index in [2.05, 4.69) is 4.98 Å². The minimum Gasteiger partial charge on any atom is -0.441 e. The number of aromatic nitrogens is 1. The molecule has 0 aliphatic heterocycles. The first kappa shape index (κ1) is 8.72. The van der Waals surface area contributed by atoms with Gasteiger partial charge in [0, 0.05) is 12.0 Å². The molecule has 1 aliphatic rings. The quantitative estimate of drug-likeness (QED) is 0.758. The molecular weight excluding hydrogens is 186 g/mol. The van der Waals surface area contributed by atoms with Crippen molar-refractivity contribution in [3.63, 3.8) is 0 Å². The van der Waals surface area contributed by atoms with Crippen LogP contribution in [-0.4, -0.2) is 4.98 Å². The molecule has 2 heteroatoms. The summed E-state index contributed by atoms with van der Waals surface area (Å²) in [5.41, 5.74) is 1.10. The van der Waals surface area contributed by atoms with E-state index >= 15 is 0 Å². The Bertz CT molecular complexity index is 443. The van der Waals surface area contributed by atoms with Crippen LogP contribution >= 0.6 is 0 Å². The van der Waals surface area contributed by atoms with Crippen molar-refractivity contribution in [3.8, 4) is 11.3 Å². The summed E-state index contributed by atoms with van der Waals surface area (Å²) in [5.74, 6) is 2.59. The Balaban J connectivity index is 1.83. The van der Waals surface area contributed by atoms with Crippen LogP contribution in [0.15, 0.2) is 40.9 Å². The Morgan fingerprint density at radius 1 is 1.20 bits per heavy atom. The van der Waals surface area contributed by atoms with Crippen LogP contribution in [0.25, 0.3) is 11.3 Å². The highest BCUT2D eigenvalue weighted by atomic mass is 16.4. The van der Waals surface area contributed by atoms with Crippen molar-refractivity contribution in [2.45, 2.75) is 19.3 Å². The van der Waals surface area contributed by atoms with Crippen molar-refractivity contribution < 1.29 is 4.42 Å². The Labute approximate surface area is 89.0 Å². The zero-order valence-electron chi connectivity index (χ0n) is 8.52. The molecule has 1 aromatic carbocycles. The SMILES string of the molecule is c1ccc(-c2cnc(CC3CC3)o2)cc1. The van der Waals surface area contributed by atoms with Gasteiger partial charge in [-0.15, -0.1) is 0 Å². The molecule has 1 fully saturated rings. The van der Waals surface area contributed by atoms with Gasteiger partial charge in [0.25, 0.3) is 0 Å². The van der Waals surface area contributed by atoms with Crippen LogP contribution in [0.2, 0.25) is 0 Å². The predicted octanol–water partition coefficient (Wildman–Crippen LogP) is 3.29. The van der Waals surface area contributed by atoms with Gasteiger partial charge in [-0.05, 0) is 18.8 Å². The van der Waals surface area contributed by atoms with E-state index in [-0.39, 0.29) is 0 Å². The highest BCUT2D eigenvalue weighted by molar-refractivity contribution is 5.55. The maximum atomic E-state index is 5.71. The van der Waals surface area contributed by atoms with Crippen LogP contribution in [-0.2, 0) is 6.42 Å². The molecule has 0 spiro atoms. The molecule has 0 saturated heterocycles. The van der Waals surface area contributed by atoms with Crippen molar-refractivity contribution in [1.82, 2.24) is 4.98 Å². The summed E-state index contributed by atoms with van der Waals surface area (Å²) in [6, 6.07) is 10.1. The lowest BCUT2D eigenvalue weighted by Crippen LogP contribution is -1.84. The first-order valence-corrected chi connectivity index (χ1v) is 5.42. The number of rotatable bonds is 3. The molecule has 0 amide bonds. The average Bonchev–Trinajstić information content (AvgIpc) is 2.96. The van der Waals surface area contributed by atoms with Gasteiger partial charge in [0.05, 0.1) is 6.20 Å². The first-order chi connectivity index (χ1) is 7.42. The number of nitrogens with zero attached hydrogens (tertiary/aromatic N) is 1. The van der Waals surface area contributed by atoms with Gasteiger partial charge in [-0.25, -0.2) is 4.98 Å². The van der Waals surface area contributed by atoms with E-state index in [0.29, 0.717) is 0 Å². The van der Waals surface area contributed by atoms with Gasteiger partial charge in [0.1, 0.15) is 0 Å². The third-order valence-electron chi connectivity index (χ3n) is 2.77. The van der Waals surface area contributed by atoms with Gasteiger partial charge >= 0.3 is 0 Å². The second-order valence-electron chi connectivity index (χ2n) is 4.13. The third kappa shape index (κ3) is 1.94. The van der Waals surface area contributed by atoms with Crippen molar-refractivity contribution in [1.29, 1.82) is 0 Å². The largest absolute Gasteiger partial charge is 0.441 e. The monoisotopic (exact) mass is 199 g/mol. The summed E-state index contributed by atoms with van der Waals surface area (Å²) in [6.07, 6.45) is 5.51. The molecule has 1 aliphatic carbocycles. The second kappa shape index (κ2) is 3.54. The van der Waals surface area contributed by atoms with Crippen molar-refractivity contribution in [2.24, 2.45) is 5.92 Å². The fourth-order valence-electron chi connectivity index (χ4n) is 1.71. The molecule has 1 heterocycles. The number of benzene rings is 1. The molecule has 1 aromatic heterocycles. The van der Waals surface area contributed by atoms with Crippen LogP contribution in [0, 0.1) is 5.92 Å². The summed E-state index contributed by atoms with van der Waals surface area (Å²) in [5, 5.41) is 0. The van der Waals surface area contributed by atoms with E-state index in [4.69, 9.17) is 4.42 Å². The highest BCUT2D eigenvalue weighted by Gasteiger charge is 2.23. The minimum absolute atomic E-state index is 0.826. The Morgan fingerprint density at radius 2 is 2.00 bits per heavy atom. The van der Waals surface area contributed by atoms with Crippen molar-refractivity contribution in [2.75, 3.05) is 0 Å². The smallest absolute Gasteiger partial charge is 0.195 e. The van der Waals surface area contributed by atoms with Crippen LogP contribution in [0.4, 0.5) is 0 Å². The lowest BCUT2D eigenvalue weighted by atomic mass is 10.2. The summed E-state index contributed by atoms with van der Waals surface area (Å²) < 4.78 is 5.71. The molecule has 15 heavy (non-hydrogen) atoms. The molecule has 3 rings (SSSR count). The first-order valence-electron chi connectivity index (χ1n) is 5.42. The third-order valence-corrected chi connectivity index (χ3v) is 2.77. The molecule has 2 aromatic rings. The molecule has 0 bridgehead atoms. The summed E-state index contributed by atoms with van der Waals surface area (Å²) in [4.78, 5) is 4.31. The fraction of sp³-hybridized carbons (Fsp3) is 0.308. The predicted molar refractivity (Wildman–Crippen MR) is 58.4 cm³/mol. The van der Waals surface area contributed by atoms with Crippen LogP contribution < -0.4 is 0 Å². The van der Waals surface area contributed by atoms with E-state index in [1.54, 1.807) is 0 Å². The second-order valence-corrected chi connectivity index (χ2v) is 4.13. The minimum atomic E-state index is 0.826. The maximum absolute atomic E-state index is 5.71. The number of hydrogen-bond donors (Lipinski definition) is 0. The van der Waals surface area contributed by atoms with E-state index in [0.717, 1.165) is 29.6 Å². The van der Waals surface area contributed by atoms with Gasteiger partial charge in [0.2, 0.25) is 0 Å². The van der Waals surface area contributed by atoms with Gasteiger partial charge < -0.3 is 4.42 Å². The fourth-order valence-corrected chi connectivity index (χ4v) is 1.71. The van der Waals surface area contributed by atoms with Crippen LogP contribution in [0.3, 0.4) is 0 Å². The van der Waals surface area contributed by atoms with Gasteiger partial charge in [-0.1, -0.05) is 30.3 Å². The van der Waals surface area contributed by atoms with E-state index < -0.39 is 0 Å². The van der Waals surface area contributed by atoms with E-state index in [1.807, 2.05) is 36.5 Å². The van der Waals surface area contributed by atoms with Gasteiger partial charge in [0.15, 0.2) is 11.7 Å². The lowest BCUT2D eigenvalue weighted by molar-refractivity contribution is 0.493. The standard InChI is InChI=1S/C13H13NO/c1-2-4-11(5-3-1)12-9-14-13(15-12)8-10-6-7-10/h1-5,9-10H,6-8H2. The molecular formula is C13H13NO. The zero-order valence-corrected chi connectivity index (χ0v) is 8.52. The van der Waals surface area contributed by atoms with Crippen molar-refractivity contribution >= 4 is 0 Å². The number of hydrogen-bond acceptors (Lipinski definition) is 2. The van der Waals surface area contributed by atoms with Crippen LogP contribution in [0.1, 0.15) is 18.7 Å². The number of oxazole rings is 1. The molecule has 1 saturated carbocycles. The Kier molecular flexibility index (Phi) is 2.05. The molecule has 0 unspecified atom stereocenters. The van der Waals surface area contributed by atoms with Gasteiger partial charge in [-0.3, -0.25) is 0 Å². The highest BCUT2D eigenvalue weighted by Crippen LogP contribution is 2.33. The zero-order chi connectivity index (χ0) is 10.1. The van der Waals surface area contributed by atoms with Gasteiger partial charge in [-0.2, -0.15) is 0 Å². The molecule has 2 nitrogen and oxygen atoms in total. The normalized spacial score (nSPS) is 15.5. The van der Waals surface area contributed by atoms with E-state index in [9.17, 15) is 0 Å². The lowest BCUT2D eigenvalue weighted by Gasteiger charge is -1.94. The Hall–Kier alpha value is -1.57. The average molecular weight is 199 g/mol. The molecule has 0 atom stereocenters. The summed E-state index contributed by atoms with van der Waals surface area (Å²) >= 11 is 0. The Morgan fingerprint density at radius 3 is 2.73 bits per heavy atom. The van der Waals surface area contributed by atoms with Crippen LogP contribution in [0.5, 0.6) is 0 Å². The topological polar surface area (TPSA) is 26.0 Å². The molecule has 0 radical (unpaired) electrons. The molecule has 0 N–H and O–H groups in total. The summed E-state index contributed by atoms with van der Waals surface area (Å²) in [6.45, 7) is 0. The van der Waals surface area contributed by atoms with Crippen molar-refractivity contribution in [3.05, 3.63) is 42.4 Å².